The third kappa shape index (κ3) is 6.73. The fourth-order valence-electron chi connectivity index (χ4n) is 6.93. The predicted molar refractivity (Wildman–Crippen MR) is 218 cm³/mol. The van der Waals surface area contributed by atoms with Gasteiger partial charge in [0.05, 0.1) is 24.3 Å². The molecule has 277 valence electrons. The summed E-state index contributed by atoms with van der Waals surface area (Å²) in [6.07, 6.45) is -0.0923. The molecule has 0 fully saturated rings. The van der Waals surface area contributed by atoms with Gasteiger partial charge in [-0.15, -0.1) is 43.1 Å². The van der Waals surface area contributed by atoms with Crippen molar-refractivity contribution in [1.29, 1.82) is 0 Å². The van der Waals surface area contributed by atoms with Crippen LogP contribution < -0.4 is 10.5 Å². The lowest BCUT2D eigenvalue weighted by Gasteiger charge is -2.14. The van der Waals surface area contributed by atoms with Crippen molar-refractivity contribution >= 4 is 76.7 Å². The summed E-state index contributed by atoms with van der Waals surface area (Å²) in [6.45, 7) is 12.1. The summed E-state index contributed by atoms with van der Waals surface area (Å²) in [6, 6.07) is 13.7. The highest BCUT2D eigenvalue weighted by Gasteiger charge is 2.34. The van der Waals surface area contributed by atoms with Crippen LogP contribution >= 0.6 is 45.9 Å². The molecule has 2 N–H and O–H groups in total. The topological polar surface area (TPSA) is 144 Å². The van der Waals surface area contributed by atoms with Gasteiger partial charge in [0.15, 0.2) is 11.6 Å². The number of carbonyl (C=O) groups excluding carboxylic acids is 2. The number of carbonyl (C=O) groups is 2. The van der Waals surface area contributed by atoms with Crippen LogP contribution in [-0.4, -0.2) is 60.3 Å². The number of nitrogens with zero attached hydrogens (tertiary/aromatic N) is 8. The summed E-state index contributed by atoms with van der Waals surface area (Å²) in [5, 5.41) is 26.3. The molecule has 0 unspecified atom stereocenters. The van der Waals surface area contributed by atoms with Crippen LogP contribution in [0.25, 0.3) is 10.0 Å². The van der Waals surface area contributed by atoms with E-state index in [2.05, 4.69) is 58.5 Å². The SMILES string of the molecule is Cc1sc2c(c1C)C(c1ccc(Cl)cc1)=N[C@@H](CC(=O)N[B]NC(=O)C[C@@H]1N=C(c3ccc(Cl)cc3)c3c(sc(C)c3C)-n3c(C)nnc31)c1nnc(C)n1-2. The number of nitrogens with one attached hydrogen (secondary N) is 2. The van der Waals surface area contributed by atoms with E-state index < -0.39 is 12.1 Å². The summed E-state index contributed by atoms with van der Waals surface area (Å²) < 4.78 is 3.98. The largest absolute Gasteiger partial charge is 0.390 e. The molecule has 6 heterocycles. The molecule has 12 nitrogen and oxygen atoms in total. The van der Waals surface area contributed by atoms with Crippen LogP contribution in [0.5, 0.6) is 0 Å². The molecule has 0 bridgehead atoms. The van der Waals surface area contributed by atoms with Crippen molar-refractivity contribution in [3.63, 3.8) is 0 Å². The van der Waals surface area contributed by atoms with Crippen molar-refractivity contribution in [3.8, 4) is 10.0 Å². The molecule has 4 aromatic heterocycles. The number of aryl methyl sites for hydroxylation is 4. The Hall–Kier alpha value is -4.96. The molecule has 2 aliphatic heterocycles. The van der Waals surface area contributed by atoms with Gasteiger partial charge in [0, 0.05) is 42.1 Å². The quantitative estimate of drug-likeness (QED) is 0.156. The first-order valence-electron chi connectivity index (χ1n) is 17.5. The van der Waals surface area contributed by atoms with E-state index in [1.165, 1.54) is 7.55 Å². The molecule has 0 spiro atoms. The van der Waals surface area contributed by atoms with Gasteiger partial charge in [-0.1, -0.05) is 47.5 Å². The molecule has 0 aliphatic carbocycles. The minimum Gasteiger partial charge on any atom is -0.383 e. The molecule has 17 heteroatoms. The smallest absolute Gasteiger partial charge is 0.383 e. The highest BCUT2D eigenvalue weighted by molar-refractivity contribution is 7.15. The predicted octanol–water partition coefficient (Wildman–Crippen LogP) is 7.16. The average molecular weight is 809 g/mol. The number of fused-ring (bicyclic) bond motifs is 6. The number of benzene rings is 2. The molecule has 2 amide bonds. The van der Waals surface area contributed by atoms with E-state index >= 15 is 0 Å². The molecule has 2 aliphatic rings. The fourth-order valence-corrected chi connectivity index (χ4v) is 9.61. The van der Waals surface area contributed by atoms with Crippen LogP contribution in [0.15, 0.2) is 58.5 Å². The van der Waals surface area contributed by atoms with Crippen molar-refractivity contribution in [3.05, 3.63) is 125 Å². The summed E-state index contributed by atoms with van der Waals surface area (Å²) in [4.78, 5) is 39.7. The zero-order valence-corrected chi connectivity index (χ0v) is 33.9. The van der Waals surface area contributed by atoms with Gasteiger partial charge in [-0.2, -0.15) is 0 Å². The van der Waals surface area contributed by atoms with Gasteiger partial charge < -0.3 is 10.5 Å². The van der Waals surface area contributed by atoms with Crippen molar-refractivity contribution in [2.75, 3.05) is 0 Å². The highest BCUT2D eigenvalue weighted by atomic mass is 35.5. The number of aliphatic imine (C=N–C) groups is 2. The Morgan fingerprint density at radius 3 is 1.40 bits per heavy atom. The van der Waals surface area contributed by atoms with Crippen molar-refractivity contribution < 1.29 is 9.59 Å². The second-order valence-electron chi connectivity index (χ2n) is 13.5. The molecule has 0 saturated heterocycles. The third-order valence-corrected chi connectivity index (χ3v) is 12.8. The van der Waals surface area contributed by atoms with Gasteiger partial charge in [-0.3, -0.25) is 28.7 Å². The minimum absolute atomic E-state index is 0.0461. The monoisotopic (exact) mass is 807 g/mol. The van der Waals surface area contributed by atoms with Crippen molar-refractivity contribution in [1.82, 2.24) is 40.0 Å². The number of rotatable bonds is 8. The van der Waals surface area contributed by atoms with E-state index in [9.17, 15) is 9.59 Å². The maximum absolute atomic E-state index is 13.5. The van der Waals surface area contributed by atoms with E-state index in [4.69, 9.17) is 33.2 Å². The summed E-state index contributed by atoms with van der Waals surface area (Å²) in [5.74, 6) is 1.78. The second-order valence-corrected chi connectivity index (χ2v) is 16.8. The third-order valence-electron chi connectivity index (χ3n) is 9.94. The lowest BCUT2D eigenvalue weighted by atomic mass is 9.99. The lowest BCUT2D eigenvalue weighted by molar-refractivity contribution is -0.120. The maximum atomic E-state index is 13.5. The number of hydrogen-bond donors (Lipinski definition) is 2. The van der Waals surface area contributed by atoms with Crippen LogP contribution in [0.1, 0.15) is 91.4 Å². The van der Waals surface area contributed by atoms with Crippen LogP contribution in [-0.2, 0) is 9.59 Å². The summed E-state index contributed by atoms with van der Waals surface area (Å²) in [5.41, 5.74) is 7.39. The Labute approximate surface area is 336 Å². The molecule has 55 heavy (non-hydrogen) atoms. The zero-order valence-electron chi connectivity index (χ0n) is 30.7. The van der Waals surface area contributed by atoms with Crippen LogP contribution in [0, 0.1) is 41.5 Å². The second kappa shape index (κ2) is 14.6. The molecule has 2 aromatic carbocycles. The molecule has 2 atom stereocenters. The standard InChI is InChI=1S/C38H34BCl2N10O2S2/c1-17-19(3)54-37-31(17)33(23-7-11-25(40)12-8-23)42-27(35-48-46-21(5)50(35)37)15-29(52)44-39-45-30(53)16-28-36-49-47-22(6)51(36)38-32(18(2)20(4)55-38)34(43-28)24-9-13-26(41)14-10-24/h7-14,27-28H,15-16H2,1-6H3,(H,44,52)(H,45,53)/t27-,28-/m0/s1. The summed E-state index contributed by atoms with van der Waals surface area (Å²) >= 11 is 15.8. The van der Waals surface area contributed by atoms with Crippen molar-refractivity contribution in [2.24, 2.45) is 9.98 Å². The average Bonchev–Trinajstić information content (AvgIpc) is 3.84. The maximum Gasteiger partial charge on any atom is 0.390 e. The number of amides is 2. The van der Waals surface area contributed by atoms with Gasteiger partial charge in [0.25, 0.3) is 0 Å². The first kappa shape index (κ1) is 37.0. The molecular weight excluding hydrogens is 774 g/mol. The van der Waals surface area contributed by atoms with Gasteiger partial charge in [0.2, 0.25) is 11.8 Å². The molecule has 6 aromatic rings. The van der Waals surface area contributed by atoms with Gasteiger partial charge in [-0.05, 0) is 76.9 Å². The first-order chi connectivity index (χ1) is 26.4. The zero-order chi connectivity index (χ0) is 38.7. The van der Waals surface area contributed by atoms with E-state index in [-0.39, 0.29) is 24.7 Å². The van der Waals surface area contributed by atoms with E-state index in [0.717, 1.165) is 64.6 Å². The van der Waals surface area contributed by atoms with Crippen LogP contribution in [0.2, 0.25) is 10.0 Å². The lowest BCUT2D eigenvalue weighted by Crippen LogP contribution is -2.41. The van der Waals surface area contributed by atoms with Gasteiger partial charge >= 0.3 is 7.55 Å². The van der Waals surface area contributed by atoms with E-state index in [1.807, 2.05) is 71.5 Å². The Balaban J connectivity index is 1.02. The number of halogens is 2. The Morgan fingerprint density at radius 2 is 1.02 bits per heavy atom. The van der Waals surface area contributed by atoms with Crippen molar-refractivity contribution in [2.45, 2.75) is 66.5 Å². The fraction of sp³-hybridized carbons (Fsp3) is 0.263. The minimum atomic E-state index is -0.662. The summed E-state index contributed by atoms with van der Waals surface area (Å²) in [7, 11) is 1.26. The van der Waals surface area contributed by atoms with Gasteiger partial charge in [-0.25, -0.2) is 0 Å². The Morgan fingerprint density at radius 1 is 0.636 bits per heavy atom. The molecule has 0 saturated carbocycles. The highest BCUT2D eigenvalue weighted by Crippen LogP contribution is 2.41. The number of hydrogen-bond acceptors (Lipinski definition) is 10. The Bertz CT molecular complexity index is 2390. The molecular formula is C38H34BCl2N10O2S2. The van der Waals surface area contributed by atoms with E-state index in [1.54, 1.807) is 22.7 Å². The van der Waals surface area contributed by atoms with Crippen LogP contribution in [0.3, 0.4) is 0 Å². The molecule has 1 radical (unpaired) electrons. The van der Waals surface area contributed by atoms with Crippen LogP contribution in [0.4, 0.5) is 0 Å². The first-order valence-corrected chi connectivity index (χ1v) is 19.9. The normalized spacial score (nSPS) is 15.8. The molecule has 8 rings (SSSR count). The number of aromatic nitrogens is 6. The Kier molecular flexibility index (Phi) is 9.82. The van der Waals surface area contributed by atoms with E-state index in [0.29, 0.717) is 33.3 Å². The number of thiophene rings is 2. The van der Waals surface area contributed by atoms with Gasteiger partial charge in [0.1, 0.15) is 33.7 Å².